The van der Waals surface area contributed by atoms with Gasteiger partial charge in [0.15, 0.2) is 0 Å². The Balaban J connectivity index is 2.66. The first kappa shape index (κ1) is 12.0. The molecule has 1 aromatic carbocycles. The normalized spacial score (nSPS) is 11.0. The lowest BCUT2D eigenvalue weighted by Crippen LogP contribution is -2.72. The van der Waals surface area contributed by atoms with Gasteiger partial charge >= 0.3 is 5.96 Å². The van der Waals surface area contributed by atoms with Crippen LogP contribution in [0.1, 0.15) is 12.5 Å². The number of methoxy groups -OCH3 is 1. The van der Waals surface area contributed by atoms with Crippen molar-refractivity contribution < 1.29 is 9.84 Å². The maximum absolute atomic E-state index is 5.23. The molecule has 0 heterocycles. The summed E-state index contributed by atoms with van der Waals surface area (Å²) in [6, 6.07) is 7.82. The van der Waals surface area contributed by atoms with E-state index >= 15 is 0 Å². The second-order valence-electron chi connectivity index (χ2n) is 3.44. The number of rotatable bonds is 4. The number of nitrogens with two attached hydrogens (primary N) is 2. The van der Waals surface area contributed by atoms with Gasteiger partial charge in [-0.15, -0.1) is 5.10 Å². The summed E-state index contributed by atoms with van der Waals surface area (Å²) in [7, 11) is 1.64. The van der Waals surface area contributed by atoms with Gasteiger partial charge in [-0.1, -0.05) is 12.1 Å². The molecule has 0 saturated carbocycles. The predicted molar refractivity (Wildman–Crippen MR) is 64.2 cm³/mol. The second kappa shape index (κ2) is 5.75. The molecule has 0 aromatic heterocycles. The highest BCUT2D eigenvalue weighted by Gasteiger charge is 1.97. The lowest BCUT2D eigenvalue weighted by Gasteiger charge is -2.02. The molecule has 0 saturated heterocycles. The summed E-state index contributed by atoms with van der Waals surface area (Å²) in [5, 5.41) is 6.53. The van der Waals surface area contributed by atoms with Gasteiger partial charge in [0.1, 0.15) is 5.75 Å². The van der Waals surface area contributed by atoms with Crippen molar-refractivity contribution >= 4 is 11.7 Å². The van der Waals surface area contributed by atoms with Crippen molar-refractivity contribution in [2.24, 2.45) is 16.6 Å². The lowest BCUT2D eigenvalue weighted by atomic mass is 10.1. The Morgan fingerprint density at radius 1 is 1.31 bits per heavy atom. The van der Waals surface area contributed by atoms with E-state index in [-0.39, 0.29) is 5.96 Å². The van der Waals surface area contributed by atoms with Gasteiger partial charge in [-0.05, 0) is 24.6 Å². The number of hydrazone groups is 1. The molecule has 1 rings (SSSR count). The summed E-state index contributed by atoms with van der Waals surface area (Å²) in [5.74, 6) is 0.935. The molecule has 0 unspecified atom stereocenters. The van der Waals surface area contributed by atoms with Gasteiger partial charge in [-0.3, -0.25) is 11.5 Å². The molecule has 0 bridgehead atoms. The van der Waals surface area contributed by atoms with Gasteiger partial charge in [0.2, 0.25) is 0 Å². The Hall–Kier alpha value is -2.04. The first-order chi connectivity index (χ1) is 7.61. The zero-order valence-corrected chi connectivity index (χ0v) is 9.53. The van der Waals surface area contributed by atoms with E-state index in [1.54, 1.807) is 7.11 Å². The van der Waals surface area contributed by atoms with E-state index < -0.39 is 0 Å². The molecular weight excluding hydrogens is 204 g/mol. The minimum absolute atomic E-state index is 0.0917. The number of hydrogen-bond donors (Lipinski definition) is 3. The monoisotopic (exact) mass is 221 g/mol. The SMILES string of the molecule is COc1ccc(C/C(C)=N\[NH+]=C(N)N)cc1. The van der Waals surface area contributed by atoms with Gasteiger partial charge in [-0.25, -0.2) is 0 Å². The standard InChI is InChI=1S/C11H16N4O/c1-8(14-15-11(12)13)7-9-3-5-10(16-2)6-4-9/h3-6H,7H2,1-2H3,(H4,12,13,15)/p+1/b14-8-. The topological polar surface area (TPSA) is 87.6 Å². The average molecular weight is 221 g/mol. The van der Waals surface area contributed by atoms with Gasteiger partial charge < -0.3 is 4.74 Å². The number of nitrogens with zero attached hydrogens (tertiary/aromatic N) is 1. The molecule has 0 fully saturated rings. The number of benzene rings is 1. The van der Waals surface area contributed by atoms with Crippen LogP contribution in [-0.4, -0.2) is 18.8 Å². The van der Waals surface area contributed by atoms with Crippen molar-refractivity contribution in [1.29, 1.82) is 0 Å². The largest absolute Gasteiger partial charge is 0.497 e. The minimum atomic E-state index is 0.0917. The Morgan fingerprint density at radius 2 is 1.94 bits per heavy atom. The number of hydrogen-bond acceptors (Lipinski definition) is 2. The summed E-state index contributed by atoms with van der Waals surface area (Å²) < 4.78 is 5.07. The third-order valence-corrected chi connectivity index (χ3v) is 1.99. The molecule has 16 heavy (non-hydrogen) atoms. The summed E-state index contributed by atoms with van der Waals surface area (Å²) in [5.41, 5.74) is 12.5. The molecule has 1 aromatic rings. The van der Waals surface area contributed by atoms with Crippen LogP contribution in [0.25, 0.3) is 0 Å². The number of guanidine groups is 1. The van der Waals surface area contributed by atoms with Gasteiger partial charge in [0.25, 0.3) is 0 Å². The van der Waals surface area contributed by atoms with Crippen LogP contribution in [0.5, 0.6) is 5.75 Å². The van der Waals surface area contributed by atoms with Gasteiger partial charge in [0, 0.05) is 6.42 Å². The van der Waals surface area contributed by atoms with Crippen LogP contribution in [0.3, 0.4) is 0 Å². The third kappa shape index (κ3) is 4.00. The van der Waals surface area contributed by atoms with E-state index in [9.17, 15) is 0 Å². The van der Waals surface area contributed by atoms with Crippen LogP contribution in [0, 0.1) is 0 Å². The van der Waals surface area contributed by atoms with Crippen molar-refractivity contribution in [3.05, 3.63) is 29.8 Å². The highest BCUT2D eigenvalue weighted by atomic mass is 16.5. The molecule has 5 nitrogen and oxygen atoms in total. The Bertz CT molecular complexity index is 391. The number of ether oxygens (including phenoxy) is 1. The molecule has 86 valence electrons. The van der Waals surface area contributed by atoms with Crippen LogP contribution in [-0.2, 0) is 6.42 Å². The van der Waals surface area contributed by atoms with Crippen molar-refractivity contribution in [3.63, 3.8) is 0 Å². The third-order valence-electron chi connectivity index (χ3n) is 1.99. The van der Waals surface area contributed by atoms with Crippen molar-refractivity contribution in [1.82, 2.24) is 0 Å². The fraction of sp³-hybridized carbons (Fsp3) is 0.273. The lowest BCUT2D eigenvalue weighted by molar-refractivity contribution is -0.464. The Kier molecular flexibility index (Phi) is 4.32. The zero-order valence-electron chi connectivity index (χ0n) is 9.53. The van der Waals surface area contributed by atoms with E-state index in [0.29, 0.717) is 0 Å². The van der Waals surface area contributed by atoms with Gasteiger partial charge in [0.05, 0.1) is 12.8 Å². The Labute approximate surface area is 94.8 Å². The first-order valence-electron chi connectivity index (χ1n) is 4.92. The van der Waals surface area contributed by atoms with Crippen molar-refractivity contribution in [2.45, 2.75) is 13.3 Å². The summed E-state index contributed by atoms with van der Waals surface area (Å²) >= 11 is 0. The van der Waals surface area contributed by atoms with Crippen LogP contribution in [0.15, 0.2) is 29.4 Å². The van der Waals surface area contributed by atoms with E-state index in [2.05, 4.69) is 10.2 Å². The van der Waals surface area contributed by atoms with E-state index in [1.165, 1.54) is 0 Å². The summed E-state index contributed by atoms with van der Waals surface area (Å²) in [4.78, 5) is 0. The number of nitrogens with one attached hydrogen (secondary N) is 1. The van der Waals surface area contributed by atoms with Crippen LogP contribution in [0.2, 0.25) is 0 Å². The molecule has 0 radical (unpaired) electrons. The fourth-order valence-corrected chi connectivity index (χ4v) is 1.24. The van der Waals surface area contributed by atoms with Gasteiger partial charge in [-0.2, -0.15) is 5.10 Å². The highest BCUT2D eigenvalue weighted by molar-refractivity contribution is 5.83. The maximum Gasteiger partial charge on any atom is 0.362 e. The molecule has 5 heteroatoms. The summed E-state index contributed by atoms with van der Waals surface area (Å²) in [6.45, 7) is 1.90. The first-order valence-corrected chi connectivity index (χ1v) is 4.92. The molecule has 0 spiro atoms. The van der Waals surface area contributed by atoms with E-state index in [0.717, 1.165) is 23.4 Å². The highest BCUT2D eigenvalue weighted by Crippen LogP contribution is 2.11. The zero-order chi connectivity index (χ0) is 12.0. The van der Waals surface area contributed by atoms with Crippen molar-refractivity contribution in [2.75, 3.05) is 7.11 Å². The minimum Gasteiger partial charge on any atom is -0.497 e. The quantitative estimate of drug-likeness (QED) is 0.345. The van der Waals surface area contributed by atoms with E-state index in [4.69, 9.17) is 16.2 Å². The summed E-state index contributed by atoms with van der Waals surface area (Å²) in [6.07, 6.45) is 0.740. The van der Waals surface area contributed by atoms with Crippen LogP contribution >= 0.6 is 0 Å². The Morgan fingerprint density at radius 3 is 2.44 bits per heavy atom. The molecule has 0 amide bonds. The molecule has 0 aliphatic carbocycles. The molecule has 0 aliphatic heterocycles. The average Bonchev–Trinajstić information content (AvgIpc) is 2.27. The molecule has 5 N–H and O–H groups in total. The van der Waals surface area contributed by atoms with Crippen molar-refractivity contribution in [3.8, 4) is 5.75 Å². The smallest absolute Gasteiger partial charge is 0.362 e. The van der Waals surface area contributed by atoms with E-state index in [1.807, 2.05) is 31.2 Å². The van der Waals surface area contributed by atoms with Crippen LogP contribution < -0.4 is 21.3 Å². The maximum atomic E-state index is 5.23. The molecule has 0 atom stereocenters. The predicted octanol–water partition coefficient (Wildman–Crippen LogP) is -1.03. The van der Waals surface area contributed by atoms with Crippen LogP contribution in [0.4, 0.5) is 0 Å². The second-order valence-corrected chi connectivity index (χ2v) is 3.44. The fourth-order valence-electron chi connectivity index (χ4n) is 1.24. The molecule has 0 aliphatic rings. The molecular formula is C11H17N4O+.